The molecule has 1 atom stereocenters. The third kappa shape index (κ3) is 3.75. The maximum atomic E-state index is 12.8. The number of amides is 1. The highest BCUT2D eigenvalue weighted by molar-refractivity contribution is 5.97. The summed E-state index contributed by atoms with van der Waals surface area (Å²) in [6, 6.07) is 8.36. The van der Waals surface area contributed by atoms with Gasteiger partial charge in [-0.05, 0) is 37.3 Å². The average Bonchev–Trinajstić information content (AvgIpc) is 3.11. The van der Waals surface area contributed by atoms with Crippen molar-refractivity contribution in [2.45, 2.75) is 45.6 Å². The molecule has 1 aliphatic rings. The van der Waals surface area contributed by atoms with Crippen LogP contribution in [0, 0.1) is 5.92 Å². The number of fused-ring (bicyclic) bond motifs is 1. The molecule has 2 N–H and O–H groups in total. The van der Waals surface area contributed by atoms with Crippen LogP contribution in [0.25, 0.3) is 0 Å². The Balaban J connectivity index is 1.60. The number of benzene rings is 1. The first kappa shape index (κ1) is 16.5. The molecule has 0 spiro atoms. The zero-order chi connectivity index (χ0) is 16.9. The fraction of sp³-hybridized carbons (Fsp3) is 0.500. The maximum absolute atomic E-state index is 12.8. The van der Waals surface area contributed by atoms with Gasteiger partial charge in [-0.3, -0.25) is 4.79 Å². The van der Waals surface area contributed by atoms with Crippen molar-refractivity contribution in [3.8, 4) is 0 Å². The fourth-order valence-electron chi connectivity index (χ4n) is 3.05. The molecule has 0 saturated heterocycles. The van der Waals surface area contributed by atoms with E-state index in [1.54, 1.807) is 6.20 Å². The monoisotopic (exact) mass is 327 g/mol. The van der Waals surface area contributed by atoms with Crippen LogP contribution in [0.2, 0.25) is 0 Å². The van der Waals surface area contributed by atoms with Crippen LogP contribution in [0.1, 0.15) is 38.8 Å². The minimum atomic E-state index is 0.203. The molecular formula is C18H25N5O. The Bertz CT molecular complexity index is 668. The summed E-state index contributed by atoms with van der Waals surface area (Å²) in [7, 11) is 0. The second-order valence-electron chi connectivity index (χ2n) is 6.68. The SMILES string of the molecule is CC(C)C1CN(C(=O)CCCCc2cn[nH]n2)c2ccccc2N1. The second kappa shape index (κ2) is 7.47. The van der Waals surface area contributed by atoms with E-state index in [1.807, 2.05) is 23.1 Å². The molecule has 1 amide bonds. The van der Waals surface area contributed by atoms with E-state index in [4.69, 9.17) is 0 Å². The molecule has 0 saturated carbocycles. The molecule has 1 unspecified atom stereocenters. The highest BCUT2D eigenvalue weighted by Gasteiger charge is 2.28. The summed E-state index contributed by atoms with van der Waals surface area (Å²) in [6.07, 6.45) is 4.97. The normalized spacial score (nSPS) is 16.8. The standard InChI is InChI=1S/C18H25N5O/c1-13(2)16-12-23(17-9-5-4-8-15(17)20-16)18(24)10-6-3-7-14-11-19-22-21-14/h4-5,8-9,11,13,16,20H,3,6-7,10,12H2,1-2H3,(H,19,21,22). The highest BCUT2D eigenvalue weighted by Crippen LogP contribution is 2.32. The summed E-state index contributed by atoms with van der Waals surface area (Å²) in [5, 5.41) is 14.0. The number of H-pyrrole nitrogens is 1. The number of hydrogen-bond donors (Lipinski definition) is 2. The molecule has 2 aromatic rings. The number of hydrogen-bond acceptors (Lipinski definition) is 4. The van der Waals surface area contributed by atoms with E-state index in [0.29, 0.717) is 18.4 Å². The molecule has 1 aliphatic heterocycles. The van der Waals surface area contributed by atoms with Gasteiger partial charge in [0, 0.05) is 19.0 Å². The van der Waals surface area contributed by atoms with Crippen LogP contribution >= 0.6 is 0 Å². The number of aryl methyl sites for hydroxylation is 1. The third-order valence-electron chi connectivity index (χ3n) is 4.56. The number of nitrogens with one attached hydrogen (secondary N) is 2. The molecular weight excluding hydrogens is 302 g/mol. The third-order valence-corrected chi connectivity index (χ3v) is 4.56. The van der Waals surface area contributed by atoms with Crippen LogP contribution in [0.5, 0.6) is 0 Å². The highest BCUT2D eigenvalue weighted by atomic mass is 16.2. The summed E-state index contributed by atoms with van der Waals surface area (Å²) < 4.78 is 0. The van der Waals surface area contributed by atoms with Gasteiger partial charge in [-0.1, -0.05) is 26.0 Å². The lowest BCUT2D eigenvalue weighted by Gasteiger charge is -2.37. The average molecular weight is 327 g/mol. The lowest BCUT2D eigenvalue weighted by Crippen LogP contribution is -2.46. The van der Waals surface area contributed by atoms with E-state index < -0.39 is 0 Å². The summed E-state index contributed by atoms with van der Waals surface area (Å²) in [5.41, 5.74) is 3.00. The van der Waals surface area contributed by atoms with E-state index in [9.17, 15) is 4.79 Å². The quantitative estimate of drug-likeness (QED) is 0.800. The van der Waals surface area contributed by atoms with Gasteiger partial charge in [0.15, 0.2) is 0 Å². The Morgan fingerprint density at radius 2 is 2.17 bits per heavy atom. The van der Waals surface area contributed by atoms with Gasteiger partial charge in [0.25, 0.3) is 0 Å². The molecule has 3 rings (SSSR count). The zero-order valence-corrected chi connectivity index (χ0v) is 14.3. The molecule has 128 valence electrons. The van der Waals surface area contributed by atoms with Crippen molar-refractivity contribution in [2.24, 2.45) is 5.92 Å². The Morgan fingerprint density at radius 1 is 1.33 bits per heavy atom. The van der Waals surface area contributed by atoms with Crippen LogP contribution in [0.15, 0.2) is 30.5 Å². The van der Waals surface area contributed by atoms with E-state index >= 15 is 0 Å². The number of unbranched alkanes of at least 4 members (excludes halogenated alkanes) is 1. The molecule has 0 aliphatic carbocycles. The van der Waals surface area contributed by atoms with E-state index in [0.717, 1.165) is 42.9 Å². The maximum Gasteiger partial charge on any atom is 0.227 e. The number of carbonyl (C=O) groups excluding carboxylic acids is 1. The summed E-state index contributed by atoms with van der Waals surface area (Å²) in [6.45, 7) is 5.11. The zero-order valence-electron chi connectivity index (χ0n) is 14.3. The fourth-order valence-corrected chi connectivity index (χ4v) is 3.05. The van der Waals surface area contributed by atoms with Gasteiger partial charge in [-0.25, -0.2) is 0 Å². The van der Waals surface area contributed by atoms with Gasteiger partial charge in [-0.2, -0.15) is 15.4 Å². The number of para-hydroxylation sites is 2. The summed E-state index contributed by atoms with van der Waals surface area (Å²) >= 11 is 0. The topological polar surface area (TPSA) is 73.9 Å². The molecule has 1 aromatic carbocycles. The van der Waals surface area contributed by atoms with E-state index in [2.05, 4.69) is 40.6 Å². The number of nitrogens with zero attached hydrogens (tertiary/aromatic N) is 3. The van der Waals surface area contributed by atoms with Crippen molar-refractivity contribution in [1.82, 2.24) is 15.4 Å². The van der Waals surface area contributed by atoms with Crippen molar-refractivity contribution in [1.29, 1.82) is 0 Å². The van der Waals surface area contributed by atoms with Gasteiger partial charge in [-0.15, -0.1) is 0 Å². The number of rotatable bonds is 6. The lowest BCUT2D eigenvalue weighted by atomic mass is 9.99. The molecule has 1 aromatic heterocycles. The Hall–Kier alpha value is -2.37. The van der Waals surface area contributed by atoms with Crippen LogP contribution < -0.4 is 10.2 Å². The van der Waals surface area contributed by atoms with Crippen molar-refractivity contribution < 1.29 is 4.79 Å². The predicted molar refractivity (Wildman–Crippen MR) is 95.0 cm³/mol. The van der Waals surface area contributed by atoms with Crippen molar-refractivity contribution >= 4 is 17.3 Å². The molecule has 6 nitrogen and oxygen atoms in total. The predicted octanol–water partition coefficient (Wildman–Crippen LogP) is 3.00. The molecule has 0 radical (unpaired) electrons. The van der Waals surface area contributed by atoms with Crippen molar-refractivity contribution in [3.63, 3.8) is 0 Å². The minimum Gasteiger partial charge on any atom is -0.379 e. The van der Waals surface area contributed by atoms with E-state index in [-0.39, 0.29) is 5.91 Å². The first-order valence-corrected chi connectivity index (χ1v) is 8.65. The first-order chi connectivity index (χ1) is 11.6. The molecule has 24 heavy (non-hydrogen) atoms. The van der Waals surface area contributed by atoms with Gasteiger partial charge >= 0.3 is 0 Å². The van der Waals surface area contributed by atoms with Crippen LogP contribution in [-0.2, 0) is 11.2 Å². The Morgan fingerprint density at radius 3 is 2.92 bits per heavy atom. The van der Waals surface area contributed by atoms with Crippen LogP contribution in [0.3, 0.4) is 0 Å². The second-order valence-corrected chi connectivity index (χ2v) is 6.68. The molecule has 0 bridgehead atoms. The summed E-state index contributed by atoms with van der Waals surface area (Å²) in [4.78, 5) is 14.7. The van der Waals surface area contributed by atoms with Gasteiger partial charge in [0.05, 0.1) is 23.3 Å². The van der Waals surface area contributed by atoms with Crippen LogP contribution in [0.4, 0.5) is 11.4 Å². The largest absolute Gasteiger partial charge is 0.379 e. The van der Waals surface area contributed by atoms with Gasteiger partial charge in [0.1, 0.15) is 0 Å². The van der Waals surface area contributed by atoms with Gasteiger partial charge < -0.3 is 10.2 Å². The number of anilines is 2. The van der Waals surface area contributed by atoms with Gasteiger partial charge in [0.2, 0.25) is 5.91 Å². The van der Waals surface area contributed by atoms with Crippen molar-refractivity contribution in [2.75, 3.05) is 16.8 Å². The number of carbonyl (C=O) groups is 1. The Kier molecular flexibility index (Phi) is 5.13. The Labute approximate surface area is 142 Å². The summed E-state index contributed by atoms with van der Waals surface area (Å²) in [5.74, 6) is 0.676. The minimum absolute atomic E-state index is 0.203. The first-order valence-electron chi connectivity index (χ1n) is 8.65. The molecule has 0 fully saturated rings. The number of aromatic nitrogens is 3. The van der Waals surface area contributed by atoms with E-state index in [1.165, 1.54) is 0 Å². The number of aromatic amines is 1. The molecule has 2 heterocycles. The lowest BCUT2D eigenvalue weighted by molar-refractivity contribution is -0.118. The smallest absolute Gasteiger partial charge is 0.227 e. The van der Waals surface area contributed by atoms with Crippen molar-refractivity contribution in [3.05, 3.63) is 36.2 Å². The molecule has 6 heteroatoms. The van der Waals surface area contributed by atoms with Crippen LogP contribution in [-0.4, -0.2) is 33.9 Å².